The molecule has 5 nitrogen and oxygen atoms in total. The van der Waals surface area contributed by atoms with Crippen molar-refractivity contribution in [2.24, 2.45) is 0 Å². The van der Waals surface area contributed by atoms with E-state index in [2.05, 4.69) is 11.9 Å². The molecule has 0 saturated carbocycles. The molecule has 2 rings (SSSR count). The van der Waals surface area contributed by atoms with Crippen LogP contribution in [0.5, 0.6) is 0 Å². The fourth-order valence-corrected chi connectivity index (χ4v) is 1.96. The molecule has 1 aliphatic heterocycles. The van der Waals surface area contributed by atoms with E-state index in [-0.39, 0.29) is 24.9 Å². The van der Waals surface area contributed by atoms with Crippen molar-refractivity contribution in [1.29, 1.82) is 0 Å². The first-order chi connectivity index (χ1) is 9.00. The van der Waals surface area contributed by atoms with Gasteiger partial charge in [0.2, 0.25) is 5.91 Å². The zero-order valence-electron chi connectivity index (χ0n) is 10.7. The number of hydrogen-bond acceptors (Lipinski definition) is 3. The van der Waals surface area contributed by atoms with E-state index < -0.39 is 6.10 Å². The Bertz CT molecular complexity index is 502. The molecule has 1 atom stereocenters. The minimum Gasteiger partial charge on any atom is -0.392 e. The van der Waals surface area contributed by atoms with Crippen LogP contribution in [-0.2, 0) is 4.79 Å². The van der Waals surface area contributed by atoms with Crippen LogP contribution >= 0.6 is 0 Å². The molecule has 2 N–H and O–H groups in total. The van der Waals surface area contributed by atoms with Crippen LogP contribution in [0.1, 0.15) is 22.8 Å². The summed E-state index contributed by atoms with van der Waals surface area (Å²) in [6.45, 7) is 5.51. The number of nitrogens with one attached hydrogen (secondary N) is 1. The van der Waals surface area contributed by atoms with Crippen LogP contribution in [0.4, 0.5) is 0 Å². The molecule has 0 aliphatic carbocycles. The van der Waals surface area contributed by atoms with Gasteiger partial charge in [-0.25, -0.2) is 0 Å². The number of amides is 2. The summed E-state index contributed by atoms with van der Waals surface area (Å²) in [5.74, 6) is -0.531. The molecule has 1 aromatic carbocycles. The van der Waals surface area contributed by atoms with E-state index in [1.165, 1.54) is 4.90 Å². The maximum absolute atomic E-state index is 12.1. The molecule has 5 heteroatoms. The van der Waals surface area contributed by atoms with Gasteiger partial charge in [0, 0.05) is 23.4 Å². The van der Waals surface area contributed by atoms with Gasteiger partial charge in [0.05, 0.1) is 6.10 Å². The quantitative estimate of drug-likeness (QED) is 0.833. The third-order valence-corrected chi connectivity index (χ3v) is 2.94. The van der Waals surface area contributed by atoms with Crippen molar-refractivity contribution in [3.63, 3.8) is 0 Å². The fourth-order valence-electron chi connectivity index (χ4n) is 1.96. The number of rotatable bonds is 4. The molecular weight excluding hydrogens is 244 g/mol. The summed E-state index contributed by atoms with van der Waals surface area (Å²) in [7, 11) is 0. The Hall–Kier alpha value is -2.14. The molecule has 1 aromatic rings. The molecule has 1 heterocycles. The van der Waals surface area contributed by atoms with E-state index in [0.717, 1.165) is 5.56 Å². The molecule has 0 spiro atoms. The Labute approximate surface area is 111 Å². The molecule has 19 heavy (non-hydrogen) atoms. The summed E-state index contributed by atoms with van der Waals surface area (Å²) in [4.78, 5) is 25.2. The van der Waals surface area contributed by atoms with Crippen LogP contribution in [0.2, 0.25) is 0 Å². The first-order valence-corrected chi connectivity index (χ1v) is 6.05. The van der Waals surface area contributed by atoms with E-state index >= 15 is 0 Å². The highest BCUT2D eigenvalue weighted by Gasteiger charge is 2.31. The van der Waals surface area contributed by atoms with E-state index in [4.69, 9.17) is 5.11 Å². The Balaban J connectivity index is 2.06. The van der Waals surface area contributed by atoms with Crippen molar-refractivity contribution in [3.8, 4) is 0 Å². The normalized spacial score (nSPS) is 15.4. The largest absolute Gasteiger partial charge is 0.392 e. The van der Waals surface area contributed by atoms with Crippen molar-refractivity contribution in [2.75, 3.05) is 13.1 Å². The van der Waals surface area contributed by atoms with Gasteiger partial charge in [-0.15, -0.1) is 0 Å². The molecular formula is C14H16N2O3. The van der Waals surface area contributed by atoms with E-state index in [9.17, 15) is 9.59 Å². The number of hydrogen-bond donors (Lipinski definition) is 2. The molecule has 1 unspecified atom stereocenters. The van der Waals surface area contributed by atoms with Crippen molar-refractivity contribution >= 4 is 17.5 Å². The standard InChI is InChI=1S/C14H16N2O3/c1-9(17)7-15-13(18)8-16-10(2)11-5-3-4-6-12(11)14(16)19/h3-6,9,17H,2,7-8H2,1H3,(H,15,18). The molecule has 0 aromatic heterocycles. The molecule has 1 aliphatic rings. The number of carbonyl (C=O) groups is 2. The van der Waals surface area contributed by atoms with Crippen molar-refractivity contribution in [1.82, 2.24) is 10.2 Å². The fraction of sp³-hybridized carbons (Fsp3) is 0.286. The second-order valence-electron chi connectivity index (χ2n) is 4.54. The number of fused-ring (bicyclic) bond motifs is 1. The van der Waals surface area contributed by atoms with Gasteiger partial charge in [0.1, 0.15) is 6.54 Å². The van der Waals surface area contributed by atoms with Crippen molar-refractivity contribution in [3.05, 3.63) is 42.0 Å². The Morgan fingerprint density at radius 1 is 1.42 bits per heavy atom. The van der Waals surface area contributed by atoms with Gasteiger partial charge < -0.3 is 10.4 Å². The zero-order valence-corrected chi connectivity index (χ0v) is 10.7. The van der Waals surface area contributed by atoms with Crippen LogP contribution in [0, 0.1) is 0 Å². The predicted molar refractivity (Wildman–Crippen MR) is 71.2 cm³/mol. The van der Waals surface area contributed by atoms with Crippen molar-refractivity contribution in [2.45, 2.75) is 13.0 Å². The minimum atomic E-state index is -0.612. The van der Waals surface area contributed by atoms with Gasteiger partial charge in [0.15, 0.2) is 0 Å². The maximum Gasteiger partial charge on any atom is 0.259 e. The highest BCUT2D eigenvalue weighted by Crippen LogP contribution is 2.30. The third kappa shape index (κ3) is 2.66. The van der Waals surface area contributed by atoms with Crippen LogP contribution in [-0.4, -0.2) is 41.0 Å². The van der Waals surface area contributed by atoms with Gasteiger partial charge >= 0.3 is 0 Å². The van der Waals surface area contributed by atoms with Crippen LogP contribution < -0.4 is 5.32 Å². The Morgan fingerprint density at radius 2 is 2.05 bits per heavy atom. The van der Waals surface area contributed by atoms with E-state index in [1.807, 2.05) is 12.1 Å². The number of nitrogens with zero attached hydrogens (tertiary/aromatic N) is 1. The molecule has 100 valence electrons. The van der Waals surface area contributed by atoms with Crippen molar-refractivity contribution < 1.29 is 14.7 Å². The second kappa shape index (κ2) is 5.24. The highest BCUT2D eigenvalue weighted by atomic mass is 16.3. The smallest absolute Gasteiger partial charge is 0.259 e. The van der Waals surface area contributed by atoms with Crippen LogP contribution in [0.3, 0.4) is 0 Å². The van der Waals surface area contributed by atoms with Gasteiger partial charge in [-0.1, -0.05) is 24.8 Å². The highest BCUT2D eigenvalue weighted by molar-refractivity contribution is 6.10. The number of benzene rings is 1. The van der Waals surface area contributed by atoms with Gasteiger partial charge in [-0.2, -0.15) is 0 Å². The monoisotopic (exact) mass is 260 g/mol. The first-order valence-electron chi connectivity index (χ1n) is 6.05. The molecule has 0 radical (unpaired) electrons. The maximum atomic E-state index is 12.1. The lowest BCUT2D eigenvalue weighted by atomic mass is 10.1. The van der Waals surface area contributed by atoms with E-state index in [1.54, 1.807) is 19.1 Å². The van der Waals surface area contributed by atoms with Gasteiger partial charge in [0.25, 0.3) is 5.91 Å². The van der Waals surface area contributed by atoms with E-state index in [0.29, 0.717) is 11.3 Å². The van der Waals surface area contributed by atoms with Gasteiger partial charge in [-0.05, 0) is 13.0 Å². The summed E-state index contributed by atoms with van der Waals surface area (Å²) in [6.07, 6.45) is -0.612. The molecule has 0 saturated heterocycles. The number of aliphatic hydroxyl groups is 1. The summed E-state index contributed by atoms with van der Waals surface area (Å²) < 4.78 is 0. The summed E-state index contributed by atoms with van der Waals surface area (Å²) in [5.41, 5.74) is 1.86. The second-order valence-corrected chi connectivity index (χ2v) is 4.54. The average Bonchev–Trinajstić information content (AvgIpc) is 2.62. The summed E-state index contributed by atoms with van der Waals surface area (Å²) in [5, 5.41) is 11.6. The summed E-state index contributed by atoms with van der Waals surface area (Å²) >= 11 is 0. The molecule has 0 bridgehead atoms. The lowest BCUT2D eigenvalue weighted by Crippen LogP contribution is -2.39. The van der Waals surface area contributed by atoms with Gasteiger partial charge in [-0.3, -0.25) is 14.5 Å². The molecule has 2 amide bonds. The predicted octanol–water partition coefficient (Wildman–Crippen LogP) is 0.610. The van der Waals surface area contributed by atoms with Crippen LogP contribution in [0.25, 0.3) is 5.70 Å². The third-order valence-electron chi connectivity index (χ3n) is 2.94. The first kappa shape index (κ1) is 13.3. The lowest BCUT2D eigenvalue weighted by Gasteiger charge is -2.17. The Kier molecular flexibility index (Phi) is 3.66. The SMILES string of the molecule is C=C1c2ccccc2C(=O)N1CC(=O)NCC(C)O. The van der Waals surface area contributed by atoms with Crippen LogP contribution in [0.15, 0.2) is 30.8 Å². The molecule has 0 fully saturated rings. The summed E-state index contributed by atoms with van der Waals surface area (Å²) in [6, 6.07) is 7.13. The topological polar surface area (TPSA) is 69.6 Å². The minimum absolute atomic E-state index is 0.0843. The Morgan fingerprint density at radius 3 is 2.63 bits per heavy atom. The average molecular weight is 260 g/mol. The number of carbonyl (C=O) groups excluding carboxylic acids is 2. The number of aliphatic hydroxyl groups excluding tert-OH is 1. The zero-order chi connectivity index (χ0) is 14.0. The lowest BCUT2D eigenvalue weighted by molar-refractivity contribution is -0.121.